The van der Waals surface area contributed by atoms with Gasteiger partial charge in [0.25, 0.3) is 0 Å². The molecule has 4 heteroatoms. The zero-order chi connectivity index (χ0) is 14.2. The molecule has 2 N–H and O–H groups in total. The highest BCUT2D eigenvalue weighted by Crippen LogP contribution is 2.36. The molecular formula is C17H22N4. The molecule has 0 spiro atoms. The number of nitrogen functional groups attached to an aromatic ring is 1. The summed E-state index contributed by atoms with van der Waals surface area (Å²) in [5.74, 6) is 1.38. The fraction of sp³-hybridized carbons (Fsp3) is 0.471. The van der Waals surface area contributed by atoms with Crippen molar-refractivity contribution in [2.45, 2.75) is 31.2 Å². The predicted molar refractivity (Wildman–Crippen MR) is 84.2 cm³/mol. The third kappa shape index (κ3) is 2.44. The van der Waals surface area contributed by atoms with Crippen LogP contribution in [0.1, 0.15) is 35.9 Å². The quantitative estimate of drug-likeness (QED) is 0.940. The van der Waals surface area contributed by atoms with E-state index in [2.05, 4.69) is 34.3 Å². The number of likely N-dealkylation sites (tertiary alicyclic amines) is 1. The average molecular weight is 282 g/mol. The zero-order valence-electron chi connectivity index (χ0n) is 12.3. The molecule has 0 bridgehead atoms. The van der Waals surface area contributed by atoms with E-state index in [0.717, 1.165) is 5.92 Å². The number of rotatable bonds is 3. The van der Waals surface area contributed by atoms with Crippen LogP contribution in [-0.4, -0.2) is 34.3 Å². The minimum atomic E-state index is 0.521. The molecule has 1 aliphatic carbocycles. The molecule has 1 atom stereocenters. The summed E-state index contributed by atoms with van der Waals surface area (Å²) in [7, 11) is 0. The van der Waals surface area contributed by atoms with Crippen molar-refractivity contribution in [3.8, 4) is 0 Å². The van der Waals surface area contributed by atoms with Gasteiger partial charge in [-0.2, -0.15) is 5.10 Å². The van der Waals surface area contributed by atoms with Gasteiger partial charge >= 0.3 is 0 Å². The number of aromatic nitrogens is 2. The van der Waals surface area contributed by atoms with Gasteiger partial charge in [-0.05, 0) is 36.5 Å². The highest BCUT2D eigenvalue weighted by Gasteiger charge is 2.29. The topological polar surface area (TPSA) is 47.1 Å². The normalized spacial score (nSPS) is 22.8. The lowest BCUT2D eigenvalue weighted by Gasteiger charge is -2.38. The van der Waals surface area contributed by atoms with Crippen LogP contribution < -0.4 is 5.73 Å². The van der Waals surface area contributed by atoms with Crippen LogP contribution in [0.2, 0.25) is 0 Å². The SMILES string of the molecule is Nc1ccn(C2CCN(CC3Cc4ccccc43)CC2)n1. The Kier molecular flexibility index (Phi) is 3.19. The van der Waals surface area contributed by atoms with Crippen molar-refractivity contribution in [3.63, 3.8) is 0 Å². The summed E-state index contributed by atoms with van der Waals surface area (Å²) in [6.07, 6.45) is 5.62. The maximum Gasteiger partial charge on any atom is 0.145 e. The second-order valence-corrected chi connectivity index (χ2v) is 6.35. The molecule has 0 amide bonds. The van der Waals surface area contributed by atoms with Crippen molar-refractivity contribution < 1.29 is 0 Å². The van der Waals surface area contributed by atoms with Crippen LogP contribution in [0.15, 0.2) is 36.5 Å². The number of fused-ring (bicyclic) bond motifs is 1. The van der Waals surface area contributed by atoms with Gasteiger partial charge in [0.1, 0.15) is 5.82 Å². The van der Waals surface area contributed by atoms with E-state index in [9.17, 15) is 0 Å². The molecule has 1 aromatic heterocycles. The summed E-state index contributed by atoms with van der Waals surface area (Å²) in [5.41, 5.74) is 8.82. The van der Waals surface area contributed by atoms with E-state index in [0.29, 0.717) is 11.9 Å². The summed E-state index contributed by atoms with van der Waals surface area (Å²) in [6.45, 7) is 3.55. The van der Waals surface area contributed by atoms with Crippen LogP contribution in [0.4, 0.5) is 5.82 Å². The van der Waals surface area contributed by atoms with Crippen molar-refractivity contribution in [2.24, 2.45) is 0 Å². The summed E-state index contributed by atoms with van der Waals surface area (Å²) in [4.78, 5) is 2.62. The minimum absolute atomic E-state index is 0.521. The highest BCUT2D eigenvalue weighted by molar-refractivity contribution is 5.40. The standard InChI is InChI=1S/C17H22N4/c18-17-7-10-21(19-17)15-5-8-20(9-6-15)12-14-11-13-3-1-2-4-16(13)14/h1-4,7,10,14-15H,5-6,8-9,11-12H2,(H2,18,19). The minimum Gasteiger partial charge on any atom is -0.382 e. The van der Waals surface area contributed by atoms with Crippen molar-refractivity contribution >= 4 is 5.82 Å². The van der Waals surface area contributed by atoms with Gasteiger partial charge in [-0.25, -0.2) is 0 Å². The molecule has 2 aromatic rings. The highest BCUT2D eigenvalue weighted by atomic mass is 15.3. The van der Waals surface area contributed by atoms with E-state index >= 15 is 0 Å². The Morgan fingerprint density at radius 3 is 2.67 bits per heavy atom. The van der Waals surface area contributed by atoms with Crippen LogP contribution in [0.5, 0.6) is 0 Å². The number of nitrogens with two attached hydrogens (primary N) is 1. The maximum atomic E-state index is 5.71. The Labute approximate surface area is 125 Å². The zero-order valence-corrected chi connectivity index (χ0v) is 12.3. The Morgan fingerprint density at radius 2 is 1.95 bits per heavy atom. The van der Waals surface area contributed by atoms with Crippen LogP contribution >= 0.6 is 0 Å². The molecule has 1 aliphatic heterocycles. The van der Waals surface area contributed by atoms with Gasteiger partial charge in [0.15, 0.2) is 0 Å². The van der Waals surface area contributed by atoms with E-state index in [1.165, 1.54) is 38.9 Å². The average Bonchev–Trinajstić information content (AvgIpc) is 2.92. The second kappa shape index (κ2) is 5.19. The number of hydrogen-bond donors (Lipinski definition) is 1. The van der Waals surface area contributed by atoms with E-state index in [-0.39, 0.29) is 0 Å². The van der Waals surface area contributed by atoms with Gasteiger partial charge in [0, 0.05) is 31.7 Å². The molecular weight excluding hydrogens is 260 g/mol. The van der Waals surface area contributed by atoms with Crippen LogP contribution in [0.25, 0.3) is 0 Å². The lowest BCUT2D eigenvalue weighted by atomic mass is 9.77. The summed E-state index contributed by atoms with van der Waals surface area (Å²) in [5, 5.41) is 4.35. The maximum absolute atomic E-state index is 5.71. The van der Waals surface area contributed by atoms with Crippen LogP contribution in [-0.2, 0) is 6.42 Å². The lowest BCUT2D eigenvalue weighted by Crippen LogP contribution is -2.39. The van der Waals surface area contributed by atoms with Crippen LogP contribution in [0, 0.1) is 0 Å². The summed E-state index contributed by atoms with van der Waals surface area (Å²) >= 11 is 0. The monoisotopic (exact) mass is 282 g/mol. The Balaban J connectivity index is 1.32. The van der Waals surface area contributed by atoms with Crippen molar-refractivity contribution in [1.29, 1.82) is 0 Å². The second-order valence-electron chi connectivity index (χ2n) is 6.35. The molecule has 1 aromatic carbocycles. The third-order valence-corrected chi connectivity index (χ3v) is 5.00. The van der Waals surface area contributed by atoms with Gasteiger partial charge in [-0.15, -0.1) is 0 Å². The van der Waals surface area contributed by atoms with Crippen molar-refractivity contribution in [3.05, 3.63) is 47.7 Å². The smallest absolute Gasteiger partial charge is 0.145 e. The molecule has 110 valence electrons. The predicted octanol–water partition coefficient (Wildman–Crippen LogP) is 2.44. The third-order valence-electron chi connectivity index (χ3n) is 5.00. The fourth-order valence-corrected chi connectivity index (χ4v) is 3.76. The van der Waals surface area contributed by atoms with Crippen molar-refractivity contribution in [1.82, 2.24) is 14.7 Å². The molecule has 0 radical (unpaired) electrons. The number of hydrogen-bond acceptors (Lipinski definition) is 3. The fourth-order valence-electron chi connectivity index (χ4n) is 3.76. The summed E-state index contributed by atoms with van der Waals surface area (Å²) in [6, 6.07) is 11.3. The van der Waals surface area contributed by atoms with Gasteiger partial charge in [-0.3, -0.25) is 4.68 Å². The number of piperidine rings is 1. The molecule has 1 unspecified atom stereocenters. The number of nitrogens with zero attached hydrogens (tertiary/aromatic N) is 3. The van der Waals surface area contributed by atoms with E-state index in [1.54, 1.807) is 11.1 Å². The molecule has 2 heterocycles. The Morgan fingerprint density at radius 1 is 1.14 bits per heavy atom. The first-order valence-corrected chi connectivity index (χ1v) is 7.90. The van der Waals surface area contributed by atoms with E-state index < -0.39 is 0 Å². The molecule has 1 saturated heterocycles. The molecule has 21 heavy (non-hydrogen) atoms. The largest absolute Gasteiger partial charge is 0.382 e. The van der Waals surface area contributed by atoms with Crippen LogP contribution in [0.3, 0.4) is 0 Å². The Hall–Kier alpha value is -1.81. The first-order chi connectivity index (χ1) is 10.3. The van der Waals surface area contributed by atoms with Gasteiger partial charge in [0.05, 0.1) is 6.04 Å². The van der Waals surface area contributed by atoms with E-state index in [4.69, 9.17) is 5.73 Å². The van der Waals surface area contributed by atoms with Gasteiger partial charge < -0.3 is 10.6 Å². The summed E-state index contributed by atoms with van der Waals surface area (Å²) < 4.78 is 2.05. The van der Waals surface area contributed by atoms with E-state index in [1.807, 2.05) is 16.9 Å². The first kappa shape index (κ1) is 12.9. The molecule has 4 rings (SSSR count). The van der Waals surface area contributed by atoms with Crippen molar-refractivity contribution in [2.75, 3.05) is 25.4 Å². The lowest BCUT2D eigenvalue weighted by molar-refractivity contribution is 0.167. The first-order valence-electron chi connectivity index (χ1n) is 7.90. The van der Waals surface area contributed by atoms with Gasteiger partial charge in [0.2, 0.25) is 0 Å². The number of benzene rings is 1. The number of anilines is 1. The molecule has 2 aliphatic rings. The molecule has 0 saturated carbocycles. The molecule has 4 nitrogen and oxygen atoms in total. The van der Waals surface area contributed by atoms with Gasteiger partial charge in [-0.1, -0.05) is 24.3 Å². The molecule has 1 fully saturated rings. The Bertz CT molecular complexity index is 625.